The van der Waals surface area contributed by atoms with Crippen LogP contribution in [-0.4, -0.2) is 13.2 Å². The van der Waals surface area contributed by atoms with E-state index in [1.54, 1.807) is 12.1 Å². The van der Waals surface area contributed by atoms with Crippen molar-refractivity contribution in [2.24, 2.45) is 5.73 Å². The van der Waals surface area contributed by atoms with Gasteiger partial charge in [-0.2, -0.15) is 0 Å². The fourth-order valence-corrected chi connectivity index (χ4v) is 1.50. The Hall–Kier alpha value is -1.09. The van der Waals surface area contributed by atoms with Gasteiger partial charge >= 0.3 is 0 Å². The molecule has 0 fully saturated rings. The molecule has 0 aromatic heterocycles. The summed E-state index contributed by atoms with van der Waals surface area (Å²) < 4.78 is 18.6. The molecule has 1 aromatic rings. The number of hydrogen-bond acceptors (Lipinski definition) is 2. The number of aryl methyl sites for hydroxylation is 1. The number of hydrogen-bond donors (Lipinski definition) is 1. The first-order chi connectivity index (χ1) is 7.74. The second-order valence-corrected chi connectivity index (χ2v) is 3.99. The van der Waals surface area contributed by atoms with E-state index in [-0.39, 0.29) is 5.82 Å². The third-order valence-corrected chi connectivity index (χ3v) is 2.44. The average Bonchev–Trinajstić information content (AvgIpc) is 2.28. The highest BCUT2D eigenvalue weighted by molar-refractivity contribution is 5.29. The zero-order valence-electron chi connectivity index (χ0n) is 9.84. The third-order valence-electron chi connectivity index (χ3n) is 2.44. The lowest BCUT2D eigenvalue weighted by atomic mass is 10.2. The SMILES string of the molecule is Cc1ccc(F)c(OCCCCCCN)c1. The van der Waals surface area contributed by atoms with Crippen LogP contribution in [0.1, 0.15) is 31.2 Å². The standard InChI is InChI=1S/C13H20FNO/c1-11-6-7-12(14)13(10-11)16-9-5-3-2-4-8-15/h6-7,10H,2-5,8-9,15H2,1H3. The zero-order chi connectivity index (χ0) is 11.8. The summed E-state index contributed by atoms with van der Waals surface area (Å²) in [6, 6.07) is 4.91. The number of unbranched alkanes of at least 4 members (excludes halogenated alkanes) is 3. The highest BCUT2D eigenvalue weighted by Crippen LogP contribution is 2.18. The maximum Gasteiger partial charge on any atom is 0.165 e. The molecule has 0 saturated carbocycles. The fourth-order valence-electron chi connectivity index (χ4n) is 1.50. The summed E-state index contributed by atoms with van der Waals surface area (Å²) in [5.41, 5.74) is 6.40. The van der Waals surface area contributed by atoms with Gasteiger partial charge in [0, 0.05) is 0 Å². The van der Waals surface area contributed by atoms with E-state index in [0.29, 0.717) is 12.4 Å². The quantitative estimate of drug-likeness (QED) is 0.724. The lowest BCUT2D eigenvalue weighted by molar-refractivity contribution is 0.290. The van der Waals surface area contributed by atoms with E-state index in [2.05, 4.69) is 0 Å². The largest absolute Gasteiger partial charge is 0.491 e. The molecule has 0 spiro atoms. The topological polar surface area (TPSA) is 35.2 Å². The van der Waals surface area contributed by atoms with E-state index in [1.807, 2.05) is 6.92 Å². The van der Waals surface area contributed by atoms with Crippen molar-refractivity contribution in [2.45, 2.75) is 32.6 Å². The van der Waals surface area contributed by atoms with Gasteiger partial charge in [-0.25, -0.2) is 4.39 Å². The van der Waals surface area contributed by atoms with Gasteiger partial charge in [0.15, 0.2) is 11.6 Å². The van der Waals surface area contributed by atoms with Crippen LogP contribution in [0.4, 0.5) is 4.39 Å². The third kappa shape index (κ3) is 4.62. The molecule has 0 bridgehead atoms. The molecule has 2 nitrogen and oxygen atoms in total. The van der Waals surface area contributed by atoms with E-state index < -0.39 is 0 Å². The molecular formula is C13H20FNO. The summed E-state index contributed by atoms with van der Waals surface area (Å²) in [6.07, 6.45) is 4.22. The van der Waals surface area contributed by atoms with Crippen molar-refractivity contribution in [1.82, 2.24) is 0 Å². The minimum atomic E-state index is -0.285. The van der Waals surface area contributed by atoms with Crippen LogP contribution in [0.2, 0.25) is 0 Å². The second-order valence-electron chi connectivity index (χ2n) is 3.99. The highest BCUT2D eigenvalue weighted by atomic mass is 19.1. The van der Waals surface area contributed by atoms with Crippen LogP contribution in [0.15, 0.2) is 18.2 Å². The summed E-state index contributed by atoms with van der Waals surface area (Å²) in [5, 5.41) is 0. The maximum absolute atomic E-state index is 13.3. The van der Waals surface area contributed by atoms with Gasteiger partial charge in [-0.15, -0.1) is 0 Å². The minimum absolute atomic E-state index is 0.285. The van der Waals surface area contributed by atoms with Crippen LogP contribution >= 0.6 is 0 Å². The van der Waals surface area contributed by atoms with Crippen LogP contribution in [0.5, 0.6) is 5.75 Å². The lowest BCUT2D eigenvalue weighted by Gasteiger charge is -2.07. The van der Waals surface area contributed by atoms with E-state index in [4.69, 9.17) is 10.5 Å². The van der Waals surface area contributed by atoms with Crippen LogP contribution < -0.4 is 10.5 Å². The van der Waals surface area contributed by atoms with Crippen LogP contribution in [0.3, 0.4) is 0 Å². The molecule has 0 unspecified atom stereocenters. The molecule has 0 atom stereocenters. The zero-order valence-corrected chi connectivity index (χ0v) is 9.84. The molecule has 2 N–H and O–H groups in total. The number of ether oxygens (including phenoxy) is 1. The summed E-state index contributed by atoms with van der Waals surface area (Å²) in [6.45, 7) is 3.24. The maximum atomic E-state index is 13.3. The molecule has 90 valence electrons. The summed E-state index contributed by atoms with van der Waals surface area (Å²) in [7, 11) is 0. The van der Waals surface area contributed by atoms with Crippen molar-refractivity contribution in [3.05, 3.63) is 29.6 Å². The average molecular weight is 225 g/mol. The number of nitrogens with two attached hydrogens (primary N) is 1. The Balaban J connectivity index is 2.23. The summed E-state index contributed by atoms with van der Waals surface area (Å²) in [5.74, 6) is 0.0754. The Bertz CT molecular complexity index is 315. The minimum Gasteiger partial charge on any atom is -0.491 e. The first-order valence-electron chi connectivity index (χ1n) is 5.83. The molecule has 1 aromatic carbocycles. The Labute approximate surface area is 96.6 Å². The van der Waals surface area contributed by atoms with Crippen LogP contribution in [-0.2, 0) is 0 Å². The Morgan fingerprint density at radius 3 is 2.69 bits per heavy atom. The molecule has 0 saturated heterocycles. The van der Waals surface area contributed by atoms with Crippen molar-refractivity contribution < 1.29 is 9.13 Å². The van der Waals surface area contributed by atoms with E-state index in [9.17, 15) is 4.39 Å². The van der Waals surface area contributed by atoms with Crippen molar-refractivity contribution in [2.75, 3.05) is 13.2 Å². The fraction of sp³-hybridized carbons (Fsp3) is 0.538. The molecule has 3 heteroatoms. The molecule has 0 amide bonds. The first kappa shape index (κ1) is 13.0. The molecule has 1 rings (SSSR count). The smallest absolute Gasteiger partial charge is 0.165 e. The van der Waals surface area contributed by atoms with Crippen LogP contribution in [0.25, 0.3) is 0 Å². The van der Waals surface area contributed by atoms with Gasteiger partial charge in [-0.05, 0) is 44.0 Å². The van der Waals surface area contributed by atoms with Gasteiger partial charge in [0.05, 0.1) is 6.61 Å². The molecule has 16 heavy (non-hydrogen) atoms. The van der Waals surface area contributed by atoms with Gasteiger partial charge in [0.2, 0.25) is 0 Å². The van der Waals surface area contributed by atoms with E-state index >= 15 is 0 Å². The molecule has 0 aliphatic heterocycles. The predicted molar refractivity (Wildman–Crippen MR) is 64.2 cm³/mol. The van der Waals surface area contributed by atoms with Crippen molar-refractivity contribution in [3.8, 4) is 5.75 Å². The molecule has 0 radical (unpaired) electrons. The van der Waals surface area contributed by atoms with Crippen molar-refractivity contribution in [1.29, 1.82) is 0 Å². The van der Waals surface area contributed by atoms with Gasteiger partial charge in [0.1, 0.15) is 0 Å². The lowest BCUT2D eigenvalue weighted by Crippen LogP contribution is -2.01. The van der Waals surface area contributed by atoms with Gasteiger partial charge in [-0.3, -0.25) is 0 Å². The van der Waals surface area contributed by atoms with Crippen molar-refractivity contribution >= 4 is 0 Å². The summed E-state index contributed by atoms with van der Waals surface area (Å²) in [4.78, 5) is 0. The Morgan fingerprint density at radius 2 is 1.94 bits per heavy atom. The second kappa shape index (κ2) is 7.23. The van der Waals surface area contributed by atoms with Crippen LogP contribution in [0, 0.1) is 12.7 Å². The Kier molecular flexibility index (Phi) is 5.86. The Morgan fingerprint density at radius 1 is 1.19 bits per heavy atom. The number of rotatable bonds is 7. The van der Waals surface area contributed by atoms with Gasteiger partial charge in [0.25, 0.3) is 0 Å². The number of halogens is 1. The molecule has 0 aliphatic rings. The van der Waals surface area contributed by atoms with Gasteiger partial charge < -0.3 is 10.5 Å². The van der Waals surface area contributed by atoms with Crippen molar-refractivity contribution in [3.63, 3.8) is 0 Å². The van der Waals surface area contributed by atoms with Gasteiger partial charge in [-0.1, -0.05) is 18.9 Å². The van der Waals surface area contributed by atoms with E-state index in [1.165, 1.54) is 6.07 Å². The summed E-state index contributed by atoms with van der Waals surface area (Å²) >= 11 is 0. The predicted octanol–water partition coefficient (Wildman–Crippen LogP) is 3.03. The van der Waals surface area contributed by atoms with E-state index in [0.717, 1.165) is 37.8 Å². The highest BCUT2D eigenvalue weighted by Gasteiger charge is 2.02. The number of benzene rings is 1. The monoisotopic (exact) mass is 225 g/mol. The normalized spacial score (nSPS) is 10.4. The molecular weight excluding hydrogens is 205 g/mol. The molecule has 0 heterocycles. The molecule has 0 aliphatic carbocycles. The first-order valence-corrected chi connectivity index (χ1v) is 5.83.